The third-order valence-corrected chi connectivity index (χ3v) is 5.70. The van der Waals surface area contributed by atoms with Crippen LogP contribution in [0.25, 0.3) is 0 Å². The topological polar surface area (TPSA) is 140 Å². The Morgan fingerprint density at radius 2 is 2.06 bits per heavy atom. The number of aryl methyl sites for hydroxylation is 1. The number of carbonyl (C=O) groups excluding carboxylic acids is 2. The fourth-order valence-corrected chi connectivity index (χ4v) is 4.05. The molecule has 1 aliphatic rings. The summed E-state index contributed by atoms with van der Waals surface area (Å²) in [6.45, 7) is 1.79. The van der Waals surface area contributed by atoms with Crippen LogP contribution in [0.2, 0.25) is 0 Å². The molecule has 0 unspecified atom stereocenters. The normalized spacial score (nSPS) is 14.1. The summed E-state index contributed by atoms with van der Waals surface area (Å²) in [4.78, 5) is 39.2. The number of aromatic nitrogens is 1. The largest absolute Gasteiger partial charge is 0.455 e. The first-order valence-electron chi connectivity index (χ1n) is 9.84. The summed E-state index contributed by atoms with van der Waals surface area (Å²) in [6.07, 6.45) is 3.73. The van der Waals surface area contributed by atoms with Gasteiger partial charge in [-0.25, -0.2) is 10.4 Å². The monoisotopic (exact) mass is 453 g/mol. The summed E-state index contributed by atoms with van der Waals surface area (Å²) in [6, 6.07) is 5.79. The number of hydrogen-bond acceptors (Lipinski definition) is 8. The highest BCUT2D eigenvalue weighted by Crippen LogP contribution is 2.30. The number of nitro groups is 1. The van der Waals surface area contributed by atoms with Crippen molar-refractivity contribution in [2.24, 2.45) is 5.10 Å². The van der Waals surface area contributed by atoms with Crippen LogP contribution < -0.4 is 10.7 Å². The van der Waals surface area contributed by atoms with Gasteiger partial charge in [-0.15, -0.1) is 11.3 Å². The van der Waals surface area contributed by atoms with Crippen LogP contribution >= 0.6 is 11.3 Å². The number of nitrogens with one attached hydrogen (secondary N) is 2. The molecule has 1 aliphatic carbocycles. The third-order valence-electron chi connectivity index (χ3n) is 5.01. The number of nitrogens with zero attached hydrogens (tertiary/aromatic N) is 3. The molecule has 2 heterocycles. The third kappa shape index (κ3) is 4.57. The fourth-order valence-electron chi connectivity index (χ4n) is 3.53. The van der Waals surface area contributed by atoms with Crippen LogP contribution in [-0.2, 0) is 17.6 Å². The summed E-state index contributed by atoms with van der Waals surface area (Å²) in [5.74, 6) is 0.146. The number of nitro benzene ring substituents is 1. The Bertz CT molecular complexity index is 1200. The zero-order chi connectivity index (χ0) is 22.7. The molecule has 11 heteroatoms. The number of rotatable bonds is 6. The van der Waals surface area contributed by atoms with Gasteiger partial charge in [0.25, 0.3) is 11.6 Å². The minimum absolute atomic E-state index is 0.0331. The Morgan fingerprint density at radius 1 is 1.28 bits per heavy atom. The Balaban J connectivity index is 1.47. The van der Waals surface area contributed by atoms with Gasteiger partial charge in [0.1, 0.15) is 5.76 Å². The van der Waals surface area contributed by atoms with Gasteiger partial charge >= 0.3 is 0 Å². The number of hydrazone groups is 1. The van der Waals surface area contributed by atoms with E-state index in [9.17, 15) is 19.7 Å². The molecule has 0 spiro atoms. The molecule has 3 aromatic rings. The summed E-state index contributed by atoms with van der Waals surface area (Å²) >= 11 is 1.31. The number of non-ortho nitro benzene ring substituents is 1. The fraction of sp³-hybridized carbons (Fsp3) is 0.238. The molecule has 1 aromatic carbocycles. The lowest BCUT2D eigenvalue weighted by Gasteiger charge is -2.13. The standard InChI is InChI=1S/C21H19N5O5S/c1-12-18-15(24-25-17(27)11-13-5-7-14(8-6-13)26(29)30)3-2-4-16(18)31-19(12)20(28)23-21-22-9-10-32-21/h5-10H,2-4,11H2,1H3,(H,25,27)(H,22,23,28)/b24-15+. The molecule has 4 rings (SSSR count). The van der Waals surface area contributed by atoms with Gasteiger partial charge in [0.2, 0.25) is 5.91 Å². The van der Waals surface area contributed by atoms with E-state index in [-0.39, 0.29) is 29.7 Å². The van der Waals surface area contributed by atoms with E-state index in [0.717, 1.165) is 12.0 Å². The van der Waals surface area contributed by atoms with Crippen LogP contribution in [0.1, 0.15) is 45.8 Å². The molecular weight excluding hydrogens is 434 g/mol. The number of thiazole rings is 1. The summed E-state index contributed by atoms with van der Waals surface area (Å²) < 4.78 is 5.83. The quantitative estimate of drug-likeness (QED) is 0.432. The molecule has 2 aromatic heterocycles. The van der Waals surface area contributed by atoms with E-state index in [0.29, 0.717) is 40.6 Å². The maximum Gasteiger partial charge on any atom is 0.293 e. The number of benzene rings is 1. The second kappa shape index (κ2) is 9.10. The van der Waals surface area contributed by atoms with Crippen LogP contribution in [0.3, 0.4) is 0 Å². The highest BCUT2D eigenvalue weighted by atomic mass is 32.1. The average Bonchev–Trinajstić information content (AvgIpc) is 3.40. The summed E-state index contributed by atoms with van der Waals surface area (Å²) in [5, 5.41) is 20.0. The predicted octanol–water partition coefficient (Wildman–Crippen LogP) is 3.60. The lowest BCUT2D eigenvalue weighted by atomic mass is 9.93. The van der Waals surface area contributed by atoms with Gasteiger partial charge < -0.3 is 4.42 Å². The van der Waals surface area contributed by atoms with Crippen LogP contribution in [0.15, 0.2) is 45.4 Å². The first-order chi connectivity index (χ1) is 15.4. The molecule has 0 radical (unpaired) electrons. The van der Waals surface area contributed by atoms with Crippen LogP contribution in [0, 0.1) is 17.0 Å². The highest BCUT2D eigenvalue weighted by Gasteiger charge is 2.28. The maximum absolute atomic E-state index is 12.6. The van der Waals surface area contributed by atoms with Gasteiger partial charge in [-0.3, -0.25) is 25.0 Å². The molecule has 0 atom stereocenters. The SMILES string of the molecule is Cc1c(C(=O)Nc2nccs2)oc2c1/C(=N/NC(=O)Cc1ccc([N+](=O)[O-])cc1)CCC2. The molecule has 2 amide bonds. The number of hydrogen-bond donors (Lipinski definition) is 2. The van der Waals surface area contributed by atoms with Crippen LogP contribution in [0.5, 0.6) is 0 Å². The zero-order valence-electron chi connectivity index (χ0n) is 17.1. The van der Waals surface area contributed by atoms with Gasteiger partial charge in [0.05, 0.1) is 17.1 Å². The molecular formula is C21H19N5O5S. The van der Waals surface area contributed by atoms with Crippen molar-refractivity contribution in [1.29, 1.82) is 0 Å². The zero-order valence-corrected chi connectivity index (χ0v) is 17.9. The first-order valence-corrected chi connectivity index (χ1v) is 10.7. The van der Waals surface area contributed by atoms with E-state index in [1.165, 1.54) is 35.6 Å². The molecule has 0 bridgehead atoms. The van der Waals surface area contributed by atoms with Crippen molar-refractivity contribution in [3.05, 3.63) is 74.2 Å². The minimum atomic E-state index is -0.491. The summed E-state index contributed by atoms with van der Waals surface area (Å²) in [7, 11) is 0. The van der Waals surface area contributed by atoms with Crippen molar-refractivity contribution in [2.75, 3.05) is 5.32 Å². The maximum atomic E-state index is 12.6. The van der Waals surface area contributed by atoms with Crippen LogP contribution in [0.4, 0.5) is 10.8 Å². The van der Waals surface area contributed by atoms with Crippen LogP contribution in [-0.4, -0.2) is 27.4 Å². The van der Waals surface area contributed by atoms with Crippen molar-refractivity contribution >= 4 is 39.7 Å². The van der Waals surface area contributed by atoms with E-state index in [1.54, 1.807) is 18.5 Å². The first kappa shape index (κ1) is 21.4. The molecule has 0 fully saturated rings. The minimum Gasteiger partial charge on any atom is -0.455 e. The van der Waals surface area contributed by atoms with E-state index in [4.69, 9.17) is 4.42 Å². The number of anilines is 1. The van der Waals surface area contributed by atoms with Crippen molar-refractivity contribution in [2.45, 2.75) is 32.6 Å². The van der Waals surface area contributed by atoms with E-state index in [2.05, 4.69) is 20.8 Å². The number of amides is 2. The number of carbonyl (C=O) groups is 2. The molecule has 164 valence electrons. The average molecular weight is 453 g/mol. The number of furan rings is 1. The molecule has 0 aliphatic heterocycles. The van der Waals surface area contributed by atoms with Gasteiger partial charge in [-0.2, -0.15) is 5.10 Å². The molecule has 0 saturated carbocycles. The van der Waals surface area contributed by atoms with Crippen molar-refractivity contribution in [1.82, 2.24) is 10.4 Å². The lowest BCUT2D eigenvalue weighted by Crippen LogP contribution is -2.23. The molecule has 2 N–H and O–H groups in total. The Kier molecular flexibility index (Phi) is 6.08. The summed E-state index contributed by atoms with van der Waals surface area (Å²) in [5.41, 5.74) is 5.21. The van der Waals surface area contributed by atoms with Crippen molar-refractivity contribution < 1.29 is 18.9 Å². The smallest absolute Gasteiger partial charge is 0.293 e. The lowest BCUT2D eigenvalue weighted by molar-refractivity contribution is -0.384. The van der Waals surface area contributed by atoms with Gasteiger partial charge in [0, 0.05) is 41.3 Å². The van der Waals surface area contributed by atoms with E-state index >= 15 is 0 Å². The highest BCUT2D eigenvalue weighted by molar-refractivity contribution is 7.13. The molecule has 32 heavy (non-hydrogen) atoms. The van der Waals surface area contributed by atoms with E-state index in [1.807, 2.05) is 0 Å². The molecule has 10 nitrogen and oxygen atoms in total. The van der Waals surface area contributed by atoms with Gasteiger partial charge in [0.15, 0.2) is 10.9 Å². The second-order valence-electron chi connectivity index (χ2n) is 7.19. The Morgan fingerprint density at radius 3 is 2.75 bits per heavy atom. The van der Waals surface area contributed by atoms with Crippen molar-refractivity contribution in [3.63, 3.8) is 0 Å². The Labute approximate surface area is 186 Å². The van der Waals surface area contributed by atoms with Crippen molar-refractivity contribution in [3.8, 4) is 0 Å². The molecule has 0 saturated heterocycles. The van der Waals surface area contributed by atoms with E-state index < -0.39 is 4.92 Å². The predicted molar refractivity (Wildman–Crippen MR) is 118 cm³/mol. The van der Waals surface area contributed by atoms with Gasteiger partial charge in [-0.05, 0) is 25.3 Å². The Hall–Kier alpha value is -3.86. The second-order valence-corrected chi connectivity index (χ2v) is 8.09. The number of fused-ring (bicyclic) bond motifs is 1. The van der Waals surface area contributed by atoms with Gasteiger partial charge in [-0.1, -0.05) is 12.1 Å².